The van der Waals surface area contributed by atoms with E-state index in [0.717, 1.165) is 10.7 Å². The minimum Gasteiger partial charge on any atom is -0.348 e. The SMILES string of the molecule is Cc1nc([C@@H](C)NC(=O)C2CCN(C(=O)c3ccncc3)CC2)cs1. The molecule has 1 saturated heterocycles. The van der Waals surface area contributed by atoms with Crippen LogP contribution in [0.4, 0.5) is 0 Å². The van der Waals surface area contributed by atoms with Gasteiger partial charge >= 0.3 is 0 Å². The highest BCUT2D eigenvalue weighted by molar-refractivity contribution is 7.09. The molecule has 0 spiro atoms. The molecule has 0 aliphatic carbocycles. The molecule has 2 amide bonds. The fourth-order valence-corrected chi connectivity index (χ4v) is 3.71. The van der Waals surface area contributed by atoms with Gasteiger partial charge in [-0.25, -0.2) is 4.98 Å². The monoisotopic (exact) mass is 358 g/mol. The highest BCUT2D eigenvalue weighted by Gasteiger charge is 2.28. The van der Waals surface area contributed by atoms with Crippen LogP contribution in [0.25, 0.3) is 0 Å². The zero-order valence-corrected chi connectivity index (χ0v) is 15.3. The van der Waals surface area contributed by atoms with Gasteiger partial charge in [-0.05, 0) is 38.8 Å². The summed E-state index contributed by atoms with van der Waals surface area (Å²) in [6.45, 7) is 5.11. The third-order valence-corrected chi connectivity index (χ3v) is 5.31. The molecule has 2 aromatic heterocycles. The van der Waals surface area contributed by atoms with Gasteiger partial charge in [0.1, 0.15) is 0 Å². The van der Waals surface area contributed by atoms with Crippen LogP contribution in [0.2, 0.25) is 0 Å². The lowest BCUT2D eigenvalue weighted by atomic mass is 9.95. The Kier molecular flexibility index (Phi) is 5.43. The summed E-state index contributed by atoms with van der Waals surface area (Å²) >= 11 is 1.59. The predicted molar refractivity (Wildman–Crippen MR) is 96.3 cm³/mol. The second kappa shape index (κ2) is 7.74. The van der Waals surface area contributed by atoms with Crippen LogP contribution in [0.1, 0.15) is 46.9 Å². The Labute approximate surface area is 151 Å². The number of carbonyl (C=O) groups excluding carboxylic acids is 2. The lowest BCUT2D eigenvalue weighted by Crippen LogP contribution is -2.43. The molecular weight excluding hydrogens is 336 g/mol. The molecule has 25 heavy (non-hydrogen) atoms. The van der Waals surface area contributed by atoms with Crippen molar-refractivity contribution in [3.8, 4) is 0 Å². The first kappa shape index (κ1) is 17.5. The Morgan fingerprint density at radius 1 is 1.28 bits per heavy atom. The van der Waals surface area contributed by atoms with Gasteiger partial charge < -0.3 is 10.2 Å². The van der Waals surface area contributed by atoms with E-state index >= 15 is 0 Å². The number of pyridine rings is 1. The van der Waals surface area contributed by atoms with E-state index < -0.39 is 0 Å². The number of nitrogens with one attached hydrogen (secondary N) is 1. The van der Waals surface area contributed by atoms with E-state index in [4.69, 9.17) is 0 Å². The van der Waals surface area contributed by atoms with E-state index in [9.17, 15) is 9.59 Å². The van der Waals surface area contributed by atoms with Gasteiger partial charge in [0.25, 0.3) is 5.91 Å². The number of aromatic nitrogens is 2. The molecule has 0 aromatic carbocycles. The van der Waals surface area contributed by atoms with Crippen molar-refractivity contribution in [2.24, 2.45) is 5.92 Å². The molecule has 3 heterocycles. The molecule has 0 radical (unpaired) electrons. The summed E-state index contributed by atoms with van der Waals surface area (Å²) in [6, 6.07) is 3.35. The van der Waals surface area contributed by atoms with Crippen LogP contribution in [-0.2, 0) is 4.79 Å². The Morgan fingerprint density at radius 3 is 2.56 bits per heavy atom. The Morgan fingerprint density at radius 2 is 1.96 bits per heavy atom. The van der Waals surface area contributed by atoms with E-state index in [1.807, 2.05) is 24.1 Å². The van der Waals surface area contributed by atoms with E-state index in [1.165, 1.54) is 0 Å². The molecular formula is C18H22N4O2S. The van der Waals surface area contributed by atoms with E-state index in [1.54, 1.807) is 35.9 Å². The van der Waals surface area contributed by atoms with Crippen LogP contribution in [-0.4, -0.2) is 39.8 Å². The van der Waals surface area contributed by atoms with Gasteiger partial charge in [0.15, 0.2) is 0 Å². The first-order valence-corrected chi connectivity index (χ1v) is 9.34. The molecule has 1 atom stereocenters. The molecule has 1 fully saturated rings. The first-order valence-electron chi connectivity index (χ1n) is 8.46. The summed E-state index contributed by atoms with van der Waals surface area (Å²) in [4.78, 5) is 35.1. The van der Waals surface area contributed by atoms with Crippen molar-refractivity contribution in [1.82, 2.24) is 20.2 Å². The lowest BCUT2D eigenvalue weighted by Gasteiger charge is -2.31. The number of carbonyl (C=O) groups is 2. The molecule has 2 aromatic rings. The molecule has 0 saturated carbocycles. The van der Waals surface area contributed by atoms with Crippen LogP contribution in [0.15, 0.2) is 29.9 Å². The zero-order chi connectivity index (χ0) is 17.8. The third-order valence-electron chi connectivity index (χ3n) is 4.52. The summed E-state index contributed by atoms with van der Waals surface area (Å²) in [5.74, 6) is 0.00501. The fourth-order valence-electron chi connectivity index (χ4n) is 3.01. The van der Waals surface area contributed by atoms with Gasteiger partial charge in [0, 0.05) is 42.3 Å². The maximum Gasteiger partial charge on any atom is 0.253 e. The second-order valence-electron chi connectivity index (χ2n) is 6.32. The van der Waals surface area contributed by atoms with Crippen molar-refractivity contribution in [3.63, 3.8) is 0 Å². The summed E-state index contributed by atoms with van der Waals surface area (Å²) in [6.07, 6.45) is 4.61. The number of thiazole rings is 1. The van der Waals surface area contributed by atoms with Gasteiger partial charge in [0.2, 0.25) is 5.91 Å². The van der Waals surface area contributed by atoms with Crippen LogP contribution in [0.5, 0.6) is 0 Å². The van der Waals surface area contributed by atoms with Crippen molar-refractivity contribution < 1.29 is 9.59 Å². The summed E-state index contributed by atoms with van der Waals surface area (Å²) in [5.41, 5.74) is 1.55. The maximum atomic E-state index is 12.5. The van der Waals surface area contributed by atoms with E-state index in [2.05, 4.69) is 15.3 Å². The van der Waals surface area contributed by atoms with E-state index in [0.29, 0.717) is 31.5 Å². The summed E-state index contributed by atoms with van der Waals surface area (Å²) < 4.78 is 0. The number of hydrogen-bond acceptors (Lipinski definition) is 5. The average Bonchev–Trinajstić information content (AvgIpc) is 3.08. The molecule has 7 heteroatoms. The van der Waals surface area contributed by atoms with Crippen molar-refractivity contribution in [1.29, 1.82) is 0 Å². The predicted octanol–water partition coefficient (Wildman–Crippen LogP) is 2.58. The molecule has 0 unspecified atom stereocenters. The van der Waals surface area contributed by atoms with Crippen molar-refractivity contribution in [2.75, 3.05) is 13.1 Å². The number of nitrogens with zero attached hydrogens (tertiary/aromatic N) is 3. The highest BCUT2D eigenvalue weighted by atomic mass is 32.1. The summed E-state index contributed by atoms with van der Waals surface area (Å²) in [7, 11) is 0. The molecule has 132 valence electrons. The van der Waals surface area contributed by atoms with E-state index in [-0.39, 0.29) is 23.8 Å². The Bertz CT molecular complexity index is 739. The van der Waals surface area contributed by atoms with Crippen LogP contribution < -0.4 is 5.32 Å². The molecule has 1 aliphatic rings. The van der Waals surface area contributed by atoms with Crippen molar-refractivity contribution >= 4 is 23.2 Å². The molecule has 3 rings (SSSR count). The molecule has 6 nitrogen and oxygen atoms in total. The smallest absolute Gasteiger partial charge is 0.253 e. The number of likely N-dealkylation sites (tertiary alicyclic amines) is 1. The van der Waals surface area contributed by atoms with Crippen LogP contribution in [0.3, 0.4) is 0 Å². The third kappa shape index (κ3) is 4.22. The number of amides is 2. The molecule has 1 aliphatic heterocycles. The minimum absolute atomic E-state index is 0.00701. The number of hydrogen-bond donors (Lipinski definition) is 1. The highest BCUT2D eigenvalue weighted by Crippen LogP contribution is 2.21. The normalized spacial score (nSPS) is 16.5. The van der Waals surface area contributed by atoms with Gasteiger partial charge in [-0.1, -0.05) is 0 Å². The minimum atomic E-state index is -0.0890. The first-order chi connectivity index (χ1) is 12.0. The maximum absolute atomic E-state index is 12.5. The van der Waals surface area contributed by atoms with Gasteiger partial charge in [-0.3, -0.25) is 14.6 Å². The van der Waals surface area contributed by atoms with Gasteiger partial charge in [-0.15, -0.1) is 11.3 Å². The standard InChI is InChI=1S/C18H22N4O2S/c1-12(16-11-25-13(2)21-16)20-17(23)14-5-9-22(10-6-14)18(24)15-3-7-19-8-4-15/h3-4,7-8,11-12,14H,5-6,9-10H2,1-2H3,(H,20,23)/t12-/m1/s1. The van der Waals surface area contributed by atoms with Gasteiger partial charge in [0.05, 0.1) is 16.7 Å². The van der Waals surface area contributed by atoms with Crippen molar-refractivity contribution in [3.05, 3.63) is 46.2 Å². The van der Waals surface area contributed by atoms with Crippen molar-refractivity contribution in [2.45, 2.75) is 32.7 Å². The number of piperidine rings is 1. The quantitative estimate of drug-likeness (QED) is 0.911. The second-order valence-corrected chi connectivity index (χ2v) is 7.39. The molecule has 1 N–H and O–H groups in total. The van der Waals surface area contributed by atoms with Gasteiger partial charge in [-0.2, -0.15) is 0 Å². The average molecular weight is 358 g/mol. The Balaban J connectivity index is 1.51. The van der Waals surface area contributed by atoms with Crippen LogP contribution in [0, 0.1) is 12.8 Å². The largest absolute Gasteiger partial charge is 0.348 e. The van der Waals surface area contributed by atoms with Crippen LogP contribution >= 0.6 is 11.3 Å². The lowest BCUT2D eigenvalue weighted by molar-refractivity contribution is -0.127. The molecule has 0 bridgehead atoms. The number of rotatable bonds is 4. The topological polar surface area (TPSA) is 75.2 Å². The zero-order valence-electron chi connectivity index (χ0n) is 14.4. The fraction of sp³-hybridized carbons (Fsp3) is 0.444. The Hall–Kier alpha value is -2.28. The number of aryl methyl sites for hydroxylation is 1. The summed E-state index contributed by atoms with van der Waals surface area (Å²) in [5, 5.41) is 6.03.